The summed E-state index contributed by atoms with van der Waals surface area (Å²) in [6, 6.07) is 4.10. The molecule has 3 heterocycles. The summed E-state index contributed by atoms with van der Waals surface area (Å²) in [6.45, 7) is 7.09. The van der Waals surface area contributed by atoms with Crippen LogP contribution in [0.1, 0.15) is 37.1 Å². The van der Waals surface area contributed by atoms with Gasteiger partial charge in [0.05, 0.1) is 6.54 Å². The molecule has 1 aliphatic heterocycles. The summed E-state index contributed by atoms with van der Waals surface area (Å²) >= 11 is 0. The number of likely N-dealkylation sites (N-methyl/N-ethyl adjacent to an activating group) is 1. The molecule has 0 unspecified atom stereocenters. The van der Waals surface area contributed by atoms with E-state index in [0.29, 0.717) is 19.0 Å². The molecule has 0 N–H and O–H groups in total. The van der Waals surface area contributed by atoms with Crippen molar-refractivity contribution < 1.29 is 0 Å². The van der Waals surface area contributed by atoms with Crippen molar-refractivity contribution in [2.75, 3.05) is 33.7 Å². The van der Waals surface area contributed by atoms with Gasteiger partial charge in [0, 0.05) is 44.5 Å². The van der Waals surface area contributed by atoms with Crippen LogP contribution in [0.4, 0.5) is 0 Å². The third kappa shape index (κ3) is 4.40. The Morgan fingerprint density at radius 2 is 2.19 bits per heavy atom. The summed E-state index contributed by atoms with van der Waals surface area (Å²) in [5.74, 6) is 1.26. The summed E-state index contributed by atoms with van der Waals surface area (Å²) in [5.41, 5.74) is 1.26. The lowest BCUT2D eigenvalue weighted by molar-refractivity contribution is 0.194. The Bertz CT molecular complexity index is 751. The number of hydrogen-bond acceptors (Lipinski definition) is 5. The van der Waals surface area contributed by atoms with Gasteiger partial charge in [0.25, 0.3) is 0 Å². The molecule has 3 rings (SSSR count). The number of nitrogens with zero attached hydrogens (tertiary/aromatic N) is 6. The summed E-state index contributed by atoms with van der Waals surface area (Å²) < 4.78 is 3.49. The topological polar surface area (TPSA) is 59.2 Å². The van der Waals surface area contributed by atoms with Crippen molar-refractivity contribution in [3.05, 3.63) is 46.4 Å². The molecular formula is C19H30N6O. The number of hydrogen-bond donors (Lipinski definition) is 0. The second-order valence-electron chi connectivity index (χ2n) is 7.35. The van der Waals surface area contributed by atoms with Gasteiger partial charge in [0.2, 0.25) is 0 Å². The van der Waals surface area contributed by atoms with Gasteiger partial charge in [-0.15, -0.1) is 0 Å². The minimum Gasteiger partial charge on any atom is -0.308 e. The van der Waals surface area contributed by atoms with Crippen molar-refractivity contribution in [3.63, 3.8) is 0 Å². The summed E-state index contributed by atoms with van der Waals surface area (Å²) in [6.07, 6.45) is 5.96. The Kier molecular flexibility index (Phi) is 6.21. The van der Waals surface area contributed by atoms with Crippen molar-refractivity contribution in [2.45, 2.75) is 45.3 Å². The molecule has 0 amide bonds. The second-order valence-corrected chi connectivity index (χ2v) is 7.35. The van der Waals surface area contributed by atoms with E-state index >= 15 is 0 Å². The Hall–Kier alpha value is -1.99. The molecule has 7 nitrogen and oxygen atoms in total. The Labute approximate surface area is 155 Å². The van der Waals surface area contributed by atoms with Crippen LogP contribution in [0.2, 0.25) is 0 Å². The van der Waals surface area contributed by atoms with E-state index in [1.165, 1.54) is 5.56 Å². The first-order valence-corrected chi connectivity index (χ1v) is 9.52. The lowest BCUT2D eigenvalue weighted by Gasteiger charge is -2.32. The zero-order chi connectivity index (χ0) is 18.5. The van der Waals surface area contributed by atoms with E-state index in [4.69, 9.17) is 5.10 Å². The van der Waals surface area contributed by atoms with Crippen LogP contribution in [-0.2, 0) is 19.6 Å². The summed E-state index contributed by atoms with van der Waals surface area (Å²) in [7, 11) is 4.03. The zero-order valence-corrected chi connectivity index (χ0v) is 16.1. The van der Waals surface area contributed by atoms with Gasteiger partial charge in [-0.05, 0) is 52.0 Å². The highest BCUT2D eigenvalue weighted by Gasteiger charge is 2.27. The first-order valence-electron chi connectivity index (χ1n) is 9.52. The second kappa shape index (κ2) is 8.60. The average molecular weight is 358 g/mol. The molecular weight excluding hydrogens is 328 g/mol. The molecule has 26 heavy (non-hydrogen) atoms. The fraction of sp³-hybridized carbons (Fsp3) is 0.632. The Morgan fingerprint density at radius 1 is 1.35 bits per heavy atom. The van der Waals surface area contributed by atoms with Crippen LogP contribution in [0.15, 0.2) is 29.3 Å². The molecule has 1 atom stereocenters. The van der Waals surface area contributed by atoms with Crippen LogP contribution in [0.5, 0.6) is 0 Å². The van der Waals surface area contributed by atoms with Crippen LogP contribution in [0, 0.1) is 0 Å². The van der Waals surface area contributed by atoms with Crippen molar-refractivity contribution in [1.29, 1.82) is 0 Å². The van der Waals surface area contributed by atoms with E-state index in [1.54, 1.807) is 4.68 Å². The number of likely N-dealkylation sites (tertiary alicyclic amines) is 1. The molecule has 1 fully saturated rings. The Morgan fingerprint density at radius 3 is 2.88 bits per heavy atom. The molecule has 1 saturated heterocycles. The number of aromatic nitrogens is 4. The van der Waals surface area contributed by atoms with Gasteiger partial charge in [-0.25, -0.2) is 9.48 Å². The quantitative estimate of drug-likeness (QED) is 0.749. The zero-order valence-electron chi connectivity index (χ0n) is 16.1. The van der Waals surface area contributed by atoms with Gasteiger partial charge in [0.15, 0.2) is 0 Å². The maximum Gasteiger partial charge on any atom is 0.345 e. The van der Waals surface area contributed by atoms with Gasteiger partial charge >= 0.3 is 5.69 Å². The summed E-state index contributed by atoms with van der Waals surface area (Å²) in [5, 5.41) is 4.72. The SMILES string of the molecule is CCn1c([C@H]2CCCN(Cc3cccnc3)C2)nn(CCN(C)C)c1=O. The first-order chi connectivity index (χ1) is 12.6. The highest BCUT2D eigenvalue weighted by Crippen LogP contribution is 2.26. The van der Waals surface area contributed by atoms with Crippen LogP contribution in [0.25, 0.3) is 0 Å². The summed E-state index contributed by atoms with van der Waals surface area (Å²) in [4.78, 5) is 21.4. The highest BCUT2D eigenvalue weighted by atomic mass is 16.2. The molecule has 142 valence electrons. The maximum absolute atomic E-state index is 12.7. The molecule has 1 aliphatic rings. The molecule has 0 aliphatic carbocycles. The van der Waals surface area contributed by atoms with Crippen molar-refractivity contribution in [1.82, 2.24) is 29.1 Å². The predicted molar refractivity (Wildman–Crippen MR) is 102 cm³/mol. The van der Waals surface area contributed by atoms with E-state index < -0.39 is 0 Å². The number of pyridine rings is 1. The Balaban J connectivity index is 1.75. The fourth-order valence-electron chi connectivity index (χ4n) is 3.66. The van der Waals surface area contributed by atoms with Crippen LogP contribution in [0.3, 0.4) is 0 Å². The molecule has 2 aromatic rings. The number of piperidine rings is 1. The van der Waals surface area contributed by atoms with Crippen molar-refractivity contribution in [3.8, 4) is 0 Å². The molecule has 0 saturated carbocycles. The largest absolute Gasteiger partial charge is 0.345 e. The molecule has 0 bridgehead atoms. The van der Waals surface area contributed by atoms with Crippen molar-refractivity contribution >= 4 is 0 Å². The van der Waals surface area contributed by atoms with E-state index in [0.717, 1.165) is 44.8 Å². The molecule has 0 spiro atoms. The van der Waals surface area contributed by atoms with Crippen LogP contribution >= 0.6 is 0 Å². The third-order valence-corrected chi connectivity index (χ3v) is 5.03. The third-order valence-electron chi connectivity index (χ3n) is 5.03. The van der Waals surface area contributed by atoms with E-state index in [9.17, 15) is 4.79 Å². The minimum absolute atomic E-state index is 0.0220. The normalized spacial score (nSPS) is 18.5. The lowest BCUT2D eigenvalue weighted by Crippen LogP contribution is -2.35. The van der Waals surface area contributed by atoms with E-state index in [1.807, 2.05) is 44.0 Å². The van der Waals surface area contributed by atoms with E-state index in [-0.39, 0.29) is 5.69 Å². The van der Waals surface area contributed by atoms with Gasteiger partial charge in [-0.2, -0.15) is 5.10 Å². The minimum atomic E-state index is 0.0220. The lowest BCUT2D eigenvalue weighted by atomic mass is 9.96. The smallest absolute Gasteiger partial charge is 0.308 e. The highest BCUT2D eigenvalue weighted by molar-refractivity contribution is 5.09. The van der Waals surface area contributed by atoms with Gasteiger partial charge in [0.1, 0.15) is 5.82 Å². The molecule has 0 radical (unpaired) electrons. The van der Waals surface area contributed by atoms with Gasteiger partial charge < -0.3 is 4.90 Å². The average Bonchev–Trinajstić information content (AvgIpc) is 2.97. The maximum atomic E-state index is 12.7. The molecule has 2 aromatic heterocycles. The van der Waals surface area contributed by atoms with Gasteiger partial charge in [-0.3, -0.25) is 14.5 Å². The molecule has 0 aromatic carbocycles. The van der Waals surface area contributed by atoms with Gasteiger partial charge in [-0.1, -0.05) is 6.07 Å². The predicted octanol–water partition coefficient (Wildman–Crippen LogP) is 1.40. The van der Waals surface area contributed by atoms with Crippen molar-refractivity contribution in [2.24, 2.45) is 0 Å². The monoisotopic (exact) mass is 358 g/mol. The van der Waals surface area contributed by atoms with E-state index in [2.05, 4.69) is 20.9 Å². The number of rotatable bonds is 7. The standard InChI is InChI=1S/C19H30N6O/c1-4-24-18(21-25(19(24)26)12-11-22(2)3)17-8-6-10-23(15-17)14-16-7-5-9-20-13-16/h5,7,9,13,17H,4,6,8,10-12,14-15H2,1-3H3/t17-/m0/s1. The first kappa shape index (κ1) is 18.8. The van der Waals surface area contributed by atoms with Crippen LogP contribution in [-0.4, -0.2) is 62.9 Å². The molecule has 7 heteroatoms. The fourth-order valence-corrected chi connectivity index (χ4v) is 3.66. The van der Waals surface area contributed by atoms with Crippen LogP contribution < -0.4 is 5.69 Å².